The lowest BCUT2D eigenvalue weighted by molar-refractivity contribution is -0.137. The third-order valence-corrected chi connectivity index (χ3v) is 3.14. The van der Waals surface area contributed by atoms with Gasteiger partial charge in [-0.25, -0.2) is 0 Å². The lowest BCUT2D eigenvalue weighted by Gasteiger charge is -2.12. The average molecular weight is 343 g/mol. The smallest absolute Gasteiger partial charge is 0.359 e. The molecule has 4 nitrogen and oxygen atoms in total. The van der Waals surface area contributed by atoms with E-state index < -0.39 is 11.7 Å². The second-order valence-corrected chi connectivity index (χ2v) is 6.39. The van der Waals surface area contributed by atoms with Gasteiger partial charge in [0.1, 0.15) is 5.76 Å². The molecule has 0 saturated carbocycles. The molecule has 0 unspecified atom stereocenters. The van der Waals surface area contributed by atoms with E-state index in [9.17, 15) is 13.2 Å². The SMILES string of the molecule is CC(C)(C)c1cc(NC(=S)Nc2cccc(C(F)(F)F)c2)no1. The molecule has 2 aromatic rings. The van der Waals surface area contributed by atoms with Gasteiger partial charge in [-0.3, -0.25) is 0 Å². The van der Waals surface area contributed by atoms with Crippen molar-refractivity contribution in [3.05, 3.63) is 41.7 Å². The second kappa shape index (κ2) is 6.19. The summed E-state index contributed by atoms with van der Waals surface area (Å²) >= 11 is 5.07. The summed E-state index contributed by atoms with van der Waals surface area (Å²) in [6.07, 6.45) is -4.40. The molecule has 0 aliphatic rings. The Morgan fingerprint density at radius 1 is 1.13 bits per heavy atom. The minimum atomic E-state index is -4.40. The topological polar surface area (TPSA) is 50.1 Å². The number of alkyl halides is 3. The molecule has 1 aromatic heterocycles. The summed E-state index contributed by atoms with van der Waals surface area (Å²) in [4.78, 5) is 0. The average Bonchev–Trinajstić information content (AvgIpc) is 2.86. The molecule has 0 atom stereocenters. The van der Waals surface area contributed by atoms with Gasteiger partial charge in [0, 0.05) is 17.2 Å². The van der Waals surface area contributed by atoms with Crippen LogP contribution in [0.25, 0.3) is 0 Å². The van der Waals surface area contributed by atoms with Crippen molar-refractivity contribution < 1.29 is 17.7 Å². The summed E-state index contributed by atoms with van der Waals surface area (Å²) < 4.78 is 43.2. The number of nitrogens with zero attached hydrogens (tertiary/aromatic N) is 1. The van der Waals surface area contributed by atoms with Crippen molar-refractivity contribution in [1.29, 1.82) is 0 Å². The molecule has 0 spiro atoms. The standard InChI is InChI=1S/C15H16F3N3OS/c1-14(2,3)11-8-12(21-22-11)20-13(23)19-10-6-4-5-9(7-10)15(16,17)18/h4-8H,1-3H3,(H2,19,20,21,23). The molecule has 23 heavy (non-hydrogen) atoms. The van der Waals surface area contributed by atoms with Gasteiger partial charge in [-0.2, -0.15) is 13.2 Å². The molecule has 0 bridgehead atoms. The molecule has 0 fully saturated rings. The number of anilines is 2. The van der Waals surface area contributed by atoms with E-state index in [1.165, 1.54) is 12.1 Å². The molecule has 0 aliphatic carbocycles. The van der Waals surface area contributed by atoms with Gasteiger partial charge < -0.3 is 15.2 Å². The molecular weight excluding hydrogens is 327 g/mol. The highest BCUT2D eigenvalue weighted by molar-refractivity contribution is 7.80. The maximum absolute atomic E-state index is 12.7. The van der Waals surface area contributed by atoms with Crippen LogP contribution in [0.4, 0.5) is 24.7 Å². The summed E-state index contributed by atoms with van der Waals surface area (Å²) in [5.41, 5.74) is -0.721. The highest BCUT2D eigenvalue weighted by Gasteiger charge is 2.30. The van der Waals surface area contributed by atoms with Crippen molar-refractivity contribution in [1.82, 2.24) is 5.16 Å². The van der Waals surface area contributed by atoms with Crippen molar-refractivity contribution in [3.8, 4) is 0 Å². The van der Waals surface area contributed by atoms with Crippen molar-refractivity contribution in [2.24, 2.45) is 0 Å². The molecule has 8 heteroatoms. The number of thiocarbonyl (C=S) groups is 1. The Morgan fingerprint density at radius 3 is 2.39 bits per heavy atom. The number of halogens is 3. The number of rotatable bonds is 2. The molecule has 2 N–H and O–H groups in total. The van der Waals surface area contributed by atoms with Crippen LogP contribution in [0, 0.1) is 0 Å². The Balaban J connectivity index is 2.04. The number of nitrogens with one attached hydrogen (secondary N) is 2. The first-order chi connectivity index (χ1) is 10.6. The molecule has 0 amide bonds. The highest BCUT2D eigenvalue weighted by atomic mass is 32.1. The lowest BCUT2D eigenvalue weighted by atomic mass is 9.93. The van der Waals surface area contributed by atoms with Gasteiger partial charge >= 0.3 is 6.18 Å². The molecule has 2 rings (SSSR count). The van der Waals surface area contributed by atoms with Crippen LogP contribution in [0.15, 0.2) is 34.9 Å². The van der Waals surface area contributed by atoms with Crippen LogP contribution in [0.5, 0.6) is 0 Å². The summed E-state index contributed by atoms with van der Waals surface area (Å²) in [5.74, 6) is 1.06. The van der Waals surface area contributed by atoms with Gasteiger partial charge in [0.15, 0.2) is 10.9 Å². The minimum absolute atomic E-state index is 0.123. The third kappa shape index (κ3) is 4.69. The summed E-state index contributed by atoms with van der Waals surface area (Å²) in [5, 5.41) is 9.42. The van der Waals surface area contributed by atoms with E-state index in [-0.39, 0.29) is 16.2 Å². The highest BCUT2D eigenvalue weighted by Crippen LogP contribution is 2.30. The monoisotopic (exact) mass is 343 g/mol. The van der Waals surface area contributed by atoms with Crippen LogP contribution < -0.4 is 10.6 Å². The normalized spacial score (nSPS) is 12.1. The van der Waals surface area contributed by atoms with Crippen LogP contribution in [0.1, 0.15) is 32.1 Å². The van der Waals surface area contributed by atoms with Crippen molar-refractivity contribution >= 4 is 28.8 Å². The Morgan fingerprint density at radius 2 is 1.83 bits per heavy atom. The van der Waals surface area contributed by atoms with Crippen molar-refractivity contribution in [2.75, 3.05) is 10.6 Å². The quantitative estimate of drug-likeness (QED) is 0.767. The number of benzene rings is 1. The van der Waals surface area contributed by atoms with Gasteiger partial charge in [0.05, 0.1) is 5.56 Å². The zero-order valence-corrected chi connectivity index (χ0v) is 13.6. The van der Waals surface area contributed by atoms with E-state index in [1.54, 1.807) is 6.07 Å². The Kier molecular flexibility index (Phi) is 4.65. The fraction of sp³-hybridized carbons (Fsp3) is 0.333. The van der Waals surface area contributed by atoms with E-state index in [0.29, 0.717) is 11.6 Å². The van der Waals surface area contributed by atoms with E-state index >= 15 is 0 Å². The van der Waals surface area contributed by atoms with Crippen LogP contribution in [-0.4, -0.2) is 10.3 Å². The molecule has 1 heterocycles. The van der Waals surface area contributed by atoms with E-state index in [0.717, 1.165) is 12.1 Å². The van der Waals surface area contributed by atoms with Gasteiger partial charge in [0.25, 0.3) is 0 Å². The number of aromatic nitrogens is 1. The van der Waals surface area contributed by atoms with Gasteiger partial charge in [0.2, 0.25) is 0 Å². The molecule has 124 valence electrons. The molecule has 0 saturated heterocycles. The van der Waals surface area contributed by atoms with Crippen LogP contribution in [-0.2, 0) is 11.6 Å². The molecule has 1 aromatic carbocycles. The van der Waals surface area contributed by atoms with Gasteiger partial charge in [-0.1, -0.05) is 32.0 Å². The number of hydrogen-bond acceptors (Lipinski definition) is 3. The third-order valence-electron chi connectivity index (χ3n) is 2.94. The summed E-state index contributed by atoms with van der Waals surface area (Å²) in [6.45, 7) is 5.91. The summed E-state index contributed by atoms with van der Waals surface area (Å²) in [6, 6.07) is 6.47. The zero-order valence-electron chi connectivity index (χ0n) is 12.8. The lowest BCUT2D eigenvalue weighted by Crippen LogP contribution is -2.19. The predicted octanol–water partition coefficient (Wildman–Crippen LogP) is 4.80. The number of hydrogen-bond donors (Lipinski definition) is 2. The Hall–Kier alpha value is -2.09. The second-order valence-electron chi connectivity index (χ2n) is 5.98. The maximum atomic E-state index is 12.7. The zero-order chi connectivity index (χ0) is 17.3. The van der Waals surface area contributed by atoms with E-state index in [4.69, 9.17) is 16.7 Å². The van der Waals surface area contributed by atoms with Crippen LogP contribution in [0.2, 0.25) is 0 Å². The van der Waals surface area contributed by atoms with Gasteiger partial charge in [-0.05, 0) is 30.4 Å². The first kappa shape index (κ1) is 17.3. The molecule has 0 aliphatic heterocycles. The maximum Gasteiger partial charge on any atom is 0.416 e. The first-order valence-corrected chi connectivity index (χ1v) is 7.19. The molecular formula is C15H16F3N3OS. The van der Waals surface area contributed by atoms with Crippen molar-refractivity contribution in [2.45, 2.75) is 32.4 Å². The Bertz CT molecular complexity index is 704. The van der Waals surface area contributed by atoms with E-state index in [2.05, 4.69) is 15.8 Å². The first-order valence-electron chi connectivity index (χ1n) is 6.78. The largest absolute Gasteiger partial charge is 0.416 e. The van der Waals surface area contributed by atoms with Gasteiger partial charge in [-0.15, -0.1) is 0 Å². The van der Waals surface area contributed by atoms with E-state index in [1.807, 2.05) is 20.8 Å². The van der Waals surface area contributed by atoms with Crippen molar-refractivity contribution in [3.63, 3.8) is 0 Å². The Labute approximate surface area is 137 Å². The van der Waals surface area contributed by atoms with Crippen LogP contribution in [0.3, 0.4) is 0 Å². The van der Waals surface area contributed by atoms with Crippen LogP contribution >= 0.6 is 12.2 Å². The fourth-order valence-electron chi connectivity index (χ4n) is 1.74. The predicted molar refractivity (Wildman–Crippen MR) is 86.5 cm³/mol. The summed E-state index contributed by atoms with van der Waals surface area (Å²) in [7, 11) is 0. The fourth-order valence-corrected chi connectivity index (χ4v) is 1.96. The minimum Gasteiger partial charge on any atom is -0.359 e. The molecule has 0 radical (unpaired) electrons.